The molecule has 0 amide bonds. The number of benzene rings is 2. The first-order chi connectivity index (χ1) is 13.1. The molecule has 2 aromatic carbocycles. The number of hydrogen-bond acceptors (Lipinski definition) is 4. The molecular formula is C18H14F3IN2O3S. The van der Waals surface area contributed by atoms with Crippen LogP contribution in [-0.2, 0) is 16.4 Å². The van der Waals surface area contributed by atoms with Crippen molar-refractivity contribution in [2.24, 2.45) is 0 Å². The van der Waals surface area contributed by atoms with Gasteiger partial charge in [-0.1, -0.05) is 11.2 Å². The van der Waals surface area contributed by atoms with E-state index in [2.05, 4.69) is 9.88 Å². The third kappa shape index (κ3) is 4.02. The van der Waals surface area contributed by atoms with Crippen LogP contribution in [0.2, 0.25) is 0 Å². The largest absolute Gasteiger partial charge is 0.360 e. The molecule has 5 nitrogen and oxygen atoms in total. The highest BCUT2D eigenvalue weighted by Gasteiger charge is 2.26. The molecule has 10 heteroatoms. The molecule has 0 saturated carbocycles. The number of rotatable bonds is 5. The summed E-state index contributed by atoms with van der Waals surface area (Å²) in [7, 11) is -4.18. The Bertz CT molecular complexity index is 1140. The first-order valence-corrected chi connectivity index (χ1v) is 10.5. The number of nitrogens with zero attached hydrogens (tertiary/aromatic N) is 1. The van der Waals surface area contributed by atoms with E-state index in [0.29, 0.717) is 3.57 Å². The second-order valence-corrected chi connectivity index (χ2v) is 8.92. The van der Waals surface area contributed by atoms with Crippen molar-refractivity contribution in [3.05, 3.63) is 73.9 Å². The Balaban J connectivity index is 2.06. The van der Waals surface area contributed by atoms with E-state index in [-0.39, 0.29) is 39.6 Å². The summed E-state index contributed by atoms with van der Waals surface area (Å²) in [6.45, 7) is 2.86. The topological polar surface area (TPSA) is 72.2 Å². The van der Waals surface area contributed by atoms with Crippen LogP contribution < -0.4 is 4.72 Å². The standard InChI is InChI=1S/C18H14F3IN2O3S/c1-9-18(10(2)27-23-9)28(25,26)24-16-6-5-14(19)17(21)13(16)7-11-3-4-12(22)8-15(11)20/h3-6,8,24H,7H2,1-2H3. The van der Waals surface area contributed by atoms with Gasteiger partial charge in [0.2, 0.25) is 0 Å². The summed E-state index contributed by atoms with van der Waals surface area (Å²) in [5.41, 5.74) is -0.284. The quantitative estimate of drug-likeness (QED) is 0.494. The van der Waals surface area contributed by atoms with Crippen LogP contribution in [0.1, 0.15) is 22.6 Å². The average molecular weight is 522 g/mol. The second kappa shape index (κ2) is 7.74. The van der Waals surface area contributed by atoms with E-state index in [0.717, 1.165) is 12.1 Å². The number of halogens is 4. The normalized spacial score (nSPS) is 11.6. The Labute approximate surface area is 173 Å². The molecule has 0 bridgehead atoms. The molecule has 1 heterocycles. The van der Waals surface area contributed by atoms with Crippen LogP contribution in [0.25, 0.3) is 0 Å². The molecule has 1 N–H and O–H groups in total. The zero-order valence-electron chi connectivity index (χ0n) is 14.7. The van der Waals surface area contributed by atoms with E-state index in [1.165, 1.54) is 26.0 Å². The smallest absolute Gasteiger partial charge is 0.267 e. The molecule has 0 unspecified atom stereocenters. The summed E-state index contributed by atoms with van der Waals surface area (Å²) in [4.78, 5) is -0.191. The van der Waals surface area contributed by atoms with Crippen LogP contribution in [-0.4, -0.2) is 13.6 Å². The molecule has 148 valence electrons. The van der Waals surface area contributed by atoms with Crippen molar-refractivity contribution in [1.29, 1.82) is 0 Å². The van der Waals surface area contributed by atoms with Gasteiger partial charge in [0.1, 0.15) is 11.5 Å². The lowest BCUT2D eigenvalue weighted by atomic mass is 10.0. The number of nitrogens with one attached hydrogen (secondary N) is 1. The molecule has 3 rings (SSSR count). The van der Waals surface area contributed by atoms with Crippen molar-refractivity contribution in [2.75, 3.05) is 4.72 Å². The summed E-state index contributed by atoms with van der Waals surface area (Å²) in [5.74, 6) is -2.97. The van der Waals surface area contributed by atoms with E-state index in [4.69, 9.17) is 4.52 Å². The predicted molar refractivity (Wildman–Crippen MR) is 105 cm³/mol. The summed E-state index contributed by atoms with van der Waals surface area (Å²) in [6, 6.07) is 6.20. The van der Waals surface area contributed by atoms with Crippen LogP contribution >= 0.6 is 22.6 Å². The van der Waals surface area contributed by atoms with E-state index in [1.807, 2.05) is 22.6 Å². The predicted octanol–water partition coefficient (Wildman–Crippen LogP) is 4.70. The number of aromatic nitrogens is 1. The molecule has 0 aliphatic rings. The van der Waals surface area contributed by atoms with E-state index in [9.17, 15) is 21.6 Å². The van der Waals surface area contributed by atoms with Crippen molar-refractivity contribution in [2.45, 2.75) is 25.2 Å². The molecular weight excluding hydrogens is 508 g/mol. The molecule has 3 aromatic rings. The molecule has 28 heavy (non-hydrogen) atoms. The van der Waals surface area contributed by atoms with Gasteiger partial charge in [0.25, 0.3) is 10.0 Å². The highest BCUT2D eigenvalue weighted by Crippen LogP contribution is 2.29. The van der Waals surface area contributed by atoms with E-state index >= 15 is 0 Å². The highest BCUT2D eigenvalue weighted by molar-refractivity contribution is 14.1. The summed E-state index contributed by atoms with van der Waals surface area (Å²) in [6.07, 6.45) is -0.341. The lowest BCUT2D eigenvalue weighted by molar-refractivity contribution is 0.390. The Hall–Kier alpha value is -2.08. The van der Waals surface area contributed by atoms with Crippen LogP contribution in [0.15, 0.2) is 39.8 Å². The number of sulfonamides is 1. The summed E-state index contributed by atoms with van der Waals surface area (Å²) < 4.78 is 75.6. The molecule has 0 spiro atoms. The highest BCUT2D eigenvalue weighted by atomic mass is 127. The monoisotopic (exact) mass is 522 g/mol. The maximum absolute atomic E-state index is 14.5. The fourth-order valence-corrected chi connectivity index (χ4v) is 4.65. The molecule has 0 aliphatic carbocycles. The van der Waals surface area contributed by atoms with Crippen LogP contribution in [0.5, 0.6) is 0 Å². The van der Waals surface area contributed by atoms with Gasteiger partial charge in [-0.2, -0.15) is 0 Å². The average Bonchev–Trinajstić information content (AvgIpc) is 2.95. The maximum atomic E-state index is 14.5. The molecule has 1 aromatic heterocycles. The lowest BCUT2D eigenvalue weighted by Crippen LogP contribution is -2.17. The van der Waals surface area contributed by atoms with Crippen molar-refractivity contribution >= 4 is 38.3 Å². The fraction of sp³-hybridized carbons (Fsp3) is 0.167. The molecule has 0 aliphatic heterocycles. The molecule has 0 radical (unpaired) electrons. The molecule has 0 fully saturated rings. The maximum Gasteiger partial charge on any atom is 0.267 e. The zero-order chi connectivity index (χ0) is 20.6. The Kier molecular flexibility index (Phi) is 5.71. The van der Waals surface area contributed by atoms with Crippen LogP contribution in [0, 0.1) is 34.9 Å². The van der Waals surface area contributed by atoms with Crippen LogP contribution in [0.3, 0.4) is 0 Å². The first kappa shape index (κ1) is 20.6. The van der Waals surface area contributed by atoms with Gasteiger partial charge in [-0.25, -0.2) is 21.6 Å². The van der Waals surface area contributed by atoms with Gasteiger partial charge in [-0.05, 0) is 66.3 Å². The van der Waals surface area contributed by atoms with Gasteiger partial charge >= 0.3 is 0 Å². The van der Waals surface area contributed by atoms with Crippen LogP contribution in [0.4, 0.5) is 18.9 Å². The minimum Gasteiger partial charge on any atom is -0.360 e. The Morgan fingerprint density at radius 1 is 1.11 bits per heavy atom. The minimum absolute atomic E-state index is 0.0535. The number of anilines is 1. The molecule has 0 saturated heterocycles. The van der Waals surface area contributed by atoms with Gasteiger partial charge in [0.05, 0.1) is 5.69 Å². The second-order valence-electron chi connectivity index (χ2n) is 6.06. The van der Waals surface area contributed by atoms with E-state index < -0.39 is 27.5 Å². The summed E-state index contributed by atoms with van der Waals surface area (Å²) in [5, 5.41) is 3.59. The van der Waals surface area contributed by atoms with Gasteiger partial charge in [-0.3, -0.25) is 4.72 Å². The zero-order valence-corrected chi connectivity index (χ0v) is 17.7. The number of aryl methyl sites for hydroxylation is 2. The minimum atomic E-state index is -4.18. The lowest BCUT2D eigenvalue weighted by Gasteiger charge is -2.14. The molecule has 0 atom stereocenters. The van der Waals surface area contributed by atoms with Gasteiger partial charge < -0.3 is 4.52 Å². The van der Waals surface area contributed by atoms with Gasteiger partial charge in [0.15, 0.2) is 22.3 Å². The third-order valence-electron chi connectivity index (χ3n) is 4.06. The van der Waals surface area contributed by atoms with Gasteiger partial charge in [0, 0.05) is 15.6 Å². The van der Waals surface area contributed by atoms with Crippen molar-refractivity contribution in [3.63, 3.8) is 0 Å². The van der Waals surface area contributed by atoms with Gasteiger partial charge in [-0.15, -0.1) is 0 Å². The SMILES string of the molecule is Cc1noc(C)c1S(=O)(=O)Nc1ccc(F)c(F)c1Cc1ccc(I)cc1F. The third-order valence-corrected chi connectivity index (χ3v) is 6.34. The summed E-state index contributed by atoms with van der Waals surface area (Å²) >= 11 is 1.92. The van der Waals surface area contributed by atoms with Crippen molar-refractivity contribution < 1.29 is 26.1 Å². The van der Waals surface area contributed by atoms with Crippen molar-refractivity contribution in [3.8, 4) is 0 Å². The fourth-order valence-electron chi connectivity index (χ4n) is 2.77. The van der Waals surface area contributed by atoms with E-state index in [1.54, 1.807) is 6.07 Å². The first-order valence-electron chi connectivity index (χ1n) is 7.96. The Morgan fingerprint density at radius 3 is 2.43 bits per heavy atom. The number of hydrogen-bond donors (Lipinski definition) is 1. The van der Waals surface area contributed by atoms with Crippen molar-refractivity contribution in [1.82, 2.24) is 5.16 Å². The Morgan fingerprint density at radius 2 is 1.82 bits per heavy atom.